The third kappa shape index (κ3) is 1.50. The summed E-state index contributed by atoms with van der Waals surface area (Å²) in [5, 5.41) is 0. The molecule has 1 aliphatic rings. The van der Waals surface area contributed by atoms with Gasteiger partial charge in [0.25, 0.3) is 0 Å². The van der Waals surface area contributed by atoms with E-state index in [1.807, 2.05) is 0 Å². The number of hydrogen-bond donors (Lipinski definition) is 0. The summed E-state index contributed by atoms with van der Waals surface area (Å²) >= 11 is 0. The lowest BCUT2D eigenvalue weighted by molar-refractivity contribution is -0.523. The van der Waals surface area contributed by atoms with Crippen LogP contribution in [0.2, 0.25) is 0 Å². The van der Waals surface area contributed by atoms with Crippen molar-refractivity contribution >= 4 is 6.21 Å². The molecular weight excluding hydrogens is 170 g/mol. The number of rotatable bonds is 1. The second-order valence-corrected chi connectivity index (χ2v) is 4.00. The Kier molecular flexibility index (Phi) is 2.24. The lowest BCUT2D eigenvalue weighted by atomic mass is 9.99. The quantitative estimate of drug-likeness (QED) is 0.593. The predicted molar refractivity (Wildman–Crippen MR) is 60.0 cm³/mol. The summed E-state index contributed by atoms with van der Waals surface area (Å²) in [6.45, 7) is 4.32. The van der Waals surface area contributed by atoms with Gasteiger partial charge in [-0.25, -0.2) is 4.58 Å². The molecule has 1 heteroatoms. The number of likely N-dealkylation sites (N-methyl/N-ethyl adjacent to an activating group) is 1. The Hall–Kier alpha value is -1.37. The summed E-state index contributed by atoms with van der Waals surface area (Å²) in [7, 11) is 2.12. The topological polar surface area (TPSA) is 3.01 Å². The molecule has 0 radical (unpaired) electrons. The molecule has 0 aromatic heterocycles. The van der Waals surface area contributed by atoms with E-state index < -0.39 is 0 Å². The summed E-state index contributed by atoms with van der Waals surface area (Å²) < 4.78 is 2.24. The Balaban J connectivity index is 2.46. The Morgan fingerprint density at radius 2 is 2.00 bits per heavy atom. The van der Waals surface area contributed by atoms with E-state index in [4.69, 9.17) is 0 Å². The van der Waals surface area contributed by atoms with Crippen molar-refractivity contribution in [3.05, 3.63) is 47.0 Å². The first kappa shape index (κ1) is 9.20. The molecule has 0 fully saturated rings. The maximum Gasteiger partial charge on any atom is 0.197 e. The van der Waals surface area contributed by atoms with Crippen LogP contribution in [0, 0.1) is 13.8 Å². The molecule has 1 unspecified atom stereocenters. The van der Waals surface area contributed by atoms with Gasteiger partial charge in [-0.3, -0.25) is 0 Å². The number of nitrogens with zero attached hydrogens (tertiary/aromatic N) is 1. The van der Waals surface area contributed by atoms with Crippen molar-refractivity contribution in [2.45, 2.75) is 19.9 Å². The van der Waals surface area contributed by atoms with Gasteiger partial charge in [-0.15, -0.1) is 0 Å². The molecule has 0 saturated heterocycles. The molecule has 0 spiro atoms. The average molecular weight is 186 g/mol. The molecule has 1 heterocycles. The zero-order valence-corrected chi connectivity index (χ0v) is 8.99. The number of aryl methyl sites for hydroxylation is 2. The third-order valence-corrected chi connectivity index (χ3v) is 2.81. The zero-order valence-electron chi connectivity index (χ0n) is 8.99. The summed E-state index contributed by atoms with van der Waals surface area (Å²) in [6, 6.07) is 7.07. The van der Waals surface area contributed by atoms with Crippen molar-refractivity contribution in [3.8, 4) is 0 Å². The molecule has 72 valence electrons. The Bertz CT molecular complexity index is 413. The monoisotopic (exact) mass is 186 g/mol. The summed E-state index contributed by atoms with van der Waals surface area (Å²) in [5.41, 5.74) is 4.12. The fourth-order valence-electron chi connectivity index (χ4n) is 1.92. The van der Waals surface area contributed by atoms with Crippen LogP contribution in [0.1, 0.15) is 22.7 Å². The van der Waals surface area contributed by atoms with Crippen LogP contribution in [0.15, 0.2) is 30.4 Å². The second kappa shape index (κ2) is 3.41. The van der Waals surface area contributed by atoms with Gasteiger partial charge < -0.3 is 0 Å². The van der Waals surface area contributed by atoms with E-state index in [0.717, 1.165) is 0 Å². The number of allylic oxidation sites excluding steroid dienone is 1. The van der Waals surface area contributed by atoms with Crippen LogP contribution in [-0.2, 0) is 0 Å². The maximum atomic E-state index is 2.28. The summed E-state index contributed by atoms with van der Waals surface area (Å²) in [5.74, 6) is 0. The first-order valence-electron chi connectivity index (χ1n) is 4.99. The van der Waals surface area contributed by atoms with E-state index in [2.05, 4.69) is 62.0 Å². The standard InChI is InChI=1S/C13H16N/c1-10-6-7-11(2)12(9-10)13-5-4-8-14(13)3/h4-9,13H,1-3H3/q+1. The van der Waals surface area contributed by atoms with Crippen LogP contribution in [0.25, 0.3) is 0 Å². The molecule has 1 aromatic carbocycles. The van der Waals surface area contributed by atoms with Crippen molar-refractivity contribution < 1.29 is 4.58 Å². The smallest absolute Gasteiger partial charge is 0.197 e. The molecule has 0 bridgehead atoms. The molecule has 1 aliphatic heterocycles. The fourth-order valence-corrected chi connectivity index (χ4v) is 1.92. The van der Waals surface area contributed by atoms with Gasteiger partial charge in [0.05, 0.1) is 0 Å². The molecule has 14 heavy (non-hydrogen) atoms. The lowest BCUT2D eigenvalue weighted by Gasteiger charge is -2.10. The first-order chi connectivity index (χ1) is 6.68. The molecular formula is C13H16N+. The number of benzene rings is 1. The van der Waals surface area contributed by atoms with E-state index in [1.54, 1.807) is 0 Å². The zero-order chi connectivity index (χ0) is 10.1. The third-order valence-electron chi connectivity index (χ3n) is 2.81. The molecule has 1 atom stereocenters. The van der Waals surface area contributed by atoms with Crippen LogP contribution < -0.4 is 0 Å². The summed E-state index contributed by atoms with van der Waals surface area (Å²) in [4.78, 5) is 0. The second-order valence-electron chi connectivity index (χ2n) is 4.00. The van der Waals surface area contributed by atoms with E-state index in [-0.39, 0.29) is 0 Å². The highest BCUT2D eigenvalue weighted by Gasteiger charge is 2.21. The maximum absolute atomic E-state index is 2.28. The molecule has 0 aliphatic carbocycles. The largest absolute Gasteiger partial charge is 0.228 e. The van der Waals surface area contributed by atoms with Crippen molar-refractivity contribution in [2.24, 2.45) is 0 Å². The Labute approximate surface area is 85.4 Å². The van der Waals surface area contributed by atoms with Gasteiger partial charge in [0.2, 0.25) is 0 Å². The molecule has 0 amide bonds. The predicted octanol–water partition coefficient (Wildman–Crippen LogP) is 2.63. The minimum atomic E-state index is 0.426. The van der Waals surface area contributed by atoms with Crippen LogP contribution in [0.3, 0.4) is 0 Å². The first-order valence-corrected chi connectivity index (χ1v) is 4.99. The Morgan fingerprint density at radius 3 is 2.64 bits per heavy atom. The van der Waals surface area contributed by atoms with Crippen molar-refractivity contribution in [3.63, 3.8) is 0 Å². The van der Waals surface area contributed by atoms with Gasteiger partial charge in [0.1, 0.15) is 7.05 Å². The van der Waals surface area contributed by atoms with Crippen molar-refractivity contribution in [1.29, 1.82) is 0 Å². The van der Waals surface area contributed by atoms with Gasteiger partial charge in [-0.05, 0) is 31.6 Å². The normalized spacial score (nSPS) is 19.9. The van der Waals surface area contributed by atoms with Gasteiger partial charge in [-0.2, -0.15) is 0 Å². The molecule has 1 aromatic rings. The van der Waals surface area contributed by atoms with Crippen LogP contribution in [0.5, 0.6) is 0 Å². The van der Waals surface area contributed by atoms with Gasteiger partial charge in [0.15, 0.2) is 12.3 Å². The van der Waals surface area contributed by atoms with E-state index in [9.17, 15) is 0 Å². The van der Waals surface area contributed by atoms with Gasteiger partial charge in [0, 0.05) is 11.6 Å². The molecule has 0 N–H and O–H groups in total. The average Bonchev–Trinajstić information content (AvgIpc) is 2.56. The van der Waals surface area contributed by atoms with E-state index in [1.165, 1.54) is 16.7 Å². The highest BCUT2D eigenvalue weighted by molar-refractivity contribution is 5.68. The highest BCUT2D eigenvalue weighted by Crippen LogP contribution is 2.24. The van der Waals surface area contributed by atoms with Gasteiger partial charge in [-0.1, -0.05) is 17.7 Å². The SMILES string of the molecule is Cc1ccc(C)c(C2C=CC=[N+]2C)c1. The minimum absolute atomic E-state index is 0.426. The van der Waals surface area contributed by atoms with Gasteiger partial charge >= 0.3 is 0 Å². The van der Waals surface area contributed by atoms with Crippen molar-refractivity contribution in [1.82, 2.24) is 0 Å². The highest BCUT2D eigenvalue weighted by atomic mass is 15.0. The summed E-state index contributed by atoms with van der Waals surface area (Å²) in [6.07, 6.45) is 6.47. The van der Waals surface area contributed by atoms with Crippen LogP contribution in [-0.4, -0.2) is 17.8 Å². The van der Waals surface area contributed by atoms with E-state index >= 15 is 0 Å². The van der Waals surface area contributed by atoms with Crippen LogP contribution in [0.4, 0.5) is 0 Å². The lowest BCUT2D eigenvalue weighted by Crippen LogP contribution is -2.10. The Morgan fingerprint density at radius 1 is 1.21 bits per heavy atom. The van der Waals surface area contributed by atoms with E-state index in [0.29, 0.717) is 6.04 Å². The van der Waals surface area contributed by atoms with Crippen LogP contribution >= 0.6 is 0 Å². The molecule has 2 rings (SSSR count). The molecule has 1 nitrogen and oxygen atoms in total. The fraction of sp³-hybridized carbons (Fsp3) is 0.308. The number of hydrogen-bond acceptors (Lipinski definition) is 0. The van der Waals surface area contributed by atoms with Crippen molar-refractivity contribution in [2.75, 3.05) is 7.05 Å². The minimum Gasteiger partial charge on any atom is -0.228 e. The molecule has 0 saturated carbocycles.